The van der Waals surface area contributed by atoms with Gasteiger partial charge in [0, 0.05) is 6.61 Å². The van der Waals surface area contributed by atoms with Crippen molar-refractivity contribution in [3.05, 3.63) is 0 Å². The maximum Gasteiger partial charge on any atom is 0.0704 e. The average molecular weight is 422 g/mol. The van der Waals surface area contributed by atoms with Gasteiger partial charge in [0.1, 0.15) is 0 Å². The van der Waals surface area contributed by atoms with Crippen LogP contribution in [0.4, 0.5) is 0 Å². The molecule has 0 aromatic carbocycles. The molecule has 1 N–H and O–H groups in total. The zero-order chi connectivity index (χ0) is 20.7. The number of piperidine rings is 1. The molecular weight excluding hydrogens is 378 g/mol. The van der Waals surface area contributed by atoms with E-state index in [4.69, 9.17) is 33.2 Å². The number of nitrogens with one attached hydrogen (secondary N) is 1. The van der Waals surface area contributed by atoms with Crippen LogP contribution >= 0.6 is 0 Å². The first-order valence-electron chi connectivity index (χ1n) is 11.2. The smallest absolute Gasteiger partial charge is 0.0704 e. The highest BCUT2D eigenvalue weighted by atomic mass is 16.6. The Morgan fingerprint density at radius 1 is 0.552 bits per heavy atom. The lowest BCUT2D eigenvalue weighted by Crippen LogP contribution is -2.33. The van der Waals surface area contributed by atoms with E-state index in [1.807, 2.05) is 0 Å². The fourth-order valence-corrected chi connectivity index (χ4v) is 2.68. The molecule has 29 heavy (non-hydrogen) atoms. The van der Waals surface area contributed by atoms with Crippen LogP contribution in [0.5, 0.6) is 0 Å². The maximum absolute atomic E-state index is 5.77. The molecule has 0 aromatic rings. The van der Waals surface area contributed by atoms with Gasteiger partial charge >= 0.3 is 0 Å². The van der Waals surface area contributed by atoms with E-state index in [0.29, 0.717) is 85.4 Å². The van der Waals surface area contributed by atoms with Crippen molar-refractivity contribution in [3.63, 3.8) is 0 Å². The van der Waals surface area contributed by atoms with E-state index in [1.165, 1.54) is 0 Å². The first-order valence-corrected chi connectivity index (χ1v) is 11.2. The van der Waals surface area contributed by atoms with Gasteiger partial charge in [0.25, 0.3) is 0 Å². The van der Waals surface area contributed by atoms with Gasteiger partial charge in [-0.25, -0.2) is 0 Å². The first kappa shape index (κ1) is 26.7. The molecule has 0 atom stereocenters. The summed E-state index contributed by atoms with van der Waals surface area (Å²) in [4.78, 5) is 0. The van der Waals surface area contributed by atoms with E-state index in [-0.39, 0.29) is 0 Å². The zero-order valence-corrected chi connectivity index (χ0v) is 18.4. The van der Waals surface area contributed by atoms with Gasteiger partial charge in [0.2, 0.25) is 0 Å². The Morgan fingerprint density at radius 2 is 0.931 bits per heavy atom. The molecule has 0 radical (unpaired) electrons. The minimum atomic E-state index is 0.389. The second-order valence-electron chi connectivity index (χ2n) is 6.85. The van der Waals surface area contributed by atoms with Gasteiger partial charge in [-0.2, -0.15) is 0 Å². The van der Waals surface area contributed by atoms with Crippen molar-refractivity contribution >= 4 is 0 Å². The minimum Gasteiger partial charge on any atom is -0.379 e. The third kappa shape index (κ3) is 19.4. The third-order valence-corrected chi connectivity index (χ3v) is 4.37. The van der Waals surface area contributed by atoms with Crippen LogP contribution < -0.4 is 5.32 Å². The summed E-state index contributed by atoms with van der Waals surface area (Å²) in [5, 5.41) is 3.33. The second kappa shape index (κ2) is 22.4. The number of rotatable bonds is 22. The SMILES string of the molecule is CCCCOCCOCCOCCOCCOCCOCCOC1CCNCC1. The average Bonchev–Trinajstić information content (AvgIpc) is 2.75. The normalized spacial score (nSPS) is 15.2. The molecule has 0 aromatic heterocycles. The minimum absolute atomic E-state index is 0.389. The lowest BCUT2D eigenvalue weighted by Gasteiger charge is -2.22. The summed E-state index contributed by atoms with van der Waals surface area (Å²) >= 11 is 0. The molecule has 1 aliphatic heterocycles. The summed E-state index contributed by atoms with van der Waals surface area (Å²) in [6.45, 7) is 12.2. The molecule has 1 heterocycles. The quantitative estimate of drug-likeness (QED) is 0.265. The molecule has 0 spiro atoms. The van der Waals surface area contributed by atoms with E-state index in [9.17, 15) is 0 Å². The standard InChI is InChI=1S/C21H43NO7/c1-2-3-8-23-9-10-24-11-12-25-13-14-26-15-16-27-17-18-28-19-20-29-21-4-6-22-7-5-21/h21-22H,2-20H2,1H3. The van der Waals surface area contributed by atoms with Crippen LogP contribution in [0.25, 0.3) is 0 Å². The molecule has 0 aliphatic carbocycles. The number of unbranched alkanes of at least 4 members (excludes halogenated alkanes) is 1. The van der Waals surface area contributed by atoms with Crippen molar-refractivity contribution in [2.45, 2.75) is 38.7 Å². The highest BCUT2D eigenvalue weighted by Crippen LogP contribution is 2.06. The Labute approximate surface area is 176 Å². The van der Waals surface area contributed by atoms with Crippen molar-refractivity contribution in [2.75, 3.05) is 99.0 Å². The van der Waals surface area contributed by atoms with Gasteiger partial charge in [0.15, 0.2) is 0 Å². The Hall–Kier alpha value is -0.320. The largest absolute Gasteiger partial charge is 0.379 e. The molecule has 174 valence electrons. The lowest BCUT2D eigenvalue weighted by molar-refractivity contribution is -0.0306. The monoisotopic (exact) mass is 421 g/mol. The van der Waals surface area contributed by atoms with Crippen LogP contribution in [0.15, 0.2) is 0 Å². The lowest BCUT2D eigenvalue weighted by atomic mass is 10.1. The van der Waals surface area contributed by atoms with Crippen LogP contribution in [0.3, 0.4) is 0 Å². The second-order valence-corrected chi connectivity index (χ2v) is 6.85. The number of hydrogen-bond donors (Lipinski definition) is 1. The molecule has 0 amide bonds. The predicted molar refractivity (Wildman–Crippen MR) is 112 cm³/mol. The Morgan fingerprint density at radius 3 is 1.34 bits per heavy atom. The van der Waals surface area contributed by atoms with Crippen molar-refractivity contribution in [3.8, 4) is 0 Å². The molecule has 8 nitrogen and oxygen atoms in total. The van der Waals surface area contributed by atoms with Crippen LogP contribution in [0, 0.1) is 0 Å². The van der Waals surface area contributed by atoms with Gasteiger partial charge in [0.05, 0.1) is 85.4 Å². The van der Waals surface area contributed by atoms with Gasteiger partial charge in [-0.05, 0) is 32.4 Å². The van der Waals surface area contributed by atoms with Crippen LogP contribution in [-0.4, -0.2) is 105 Å². The van der Waals surface area contributed by atoms with E-state index in [2.05, 4.69) is 12.2 Å². The highest BCUT2D eigenvalue weighted by molar-refractivity contribution is 4.67. The summed E-state index contributed by atoms with van der Waals surface area (Å²) in [5.41, 5.74) is 0. The van der Waals surface area contributed by atoms with Crippen LogP contribution in [0.1, 0.15) is 32.6 Å². The fourth-order valence-electron chi connectivity index (χ4n) is 2.68. The molecular formula is C21H43NO7. The van der Waals surface area contributed by atoms with Gasteiger partial charge < -0.3 is 38.5 Å². The van der Waals surface area contributed by atoms with Crippen LogP contribution in [0.2, 0.25) is 0 Å². The number of ether oxygens (including phenoxy) is 7. The molecule has 8 heteroatoms. The van der Waals surface area contributed by atoms with E-state index in [1.54, 1.807) is 0 Å². The summed E-state index contributed by atoms with van der Waals surface area (Å²) in [6, 6.07) is 0. The molecule has 1 fully saturated rings. The Kier molecular flexibility index (Phi) is 20.6. The third-order valence-electron chi connectivity index (χ3n) is 4.37. The van der Waals surface area contributed by atoms with Crippen molar-refractivity contribution < 1.29 is 33.2 Å². The summed E-state index contributed by atoms with van der Waals surface area (Å²) < 4.78 is 38.5. The summed E-state index contributed by atoms with van der Waals surface area (Å²) in [7, 11) is 0. The van der Waals surface area contributed by atoms with E-state index in [0.717, 1.165) is 45.4 Å². The van der Waals surface area contributed by atoms with E-state index >= 15 is 0 Å². The van der Waals surface area contributed by atoms with Gasteiger partial charge in [-0.15, -0.1) is 0 Å². The molecule has 1 rings (SSSR count). The summed E-state index contributed by atoms with van der Waals surface area (Å²) in [5.74, 6) is 0. The number of hydrogen-bond acceptors (Lipinski definition) is 8. The fraction of sp³-hybridized carbons (Fsp3) is 1.00. The molecule has 0 saturated carbocycles. The Bertz CT molecular complexity index is 317. The van der Waals surface area contributed by atoms with Crippen molar-refractivity contribution in [1.82, 2.24) is 5.32 Å². The maximum atomic E-state index is 5.77. The molecule has 1 aliphatic rings. The van der Waals surface area contributed by atoms with Crippen molar-refractivity contribution in [2.24, 2.45) is 0 Å². The zero-order valence-electron chi connectivity index (χ0n) is 18.4. The molecule has 0 unspecified atom stereocenters. The molecule has 0 bridgehead atoms. The first-order chi connectivity index (χ1) is 14.4. The van der Waals surface area contributed by atoms with Gasteiger partial charge in [-0.1, -0.05) is 13.3 Å². The highest BCUT2D eigenvalue weighted by Gasteiger charge is 2.12. The predicted octanol–water partition coefficient (Wildman–Crippen LogP) is 1.65. The van der Waals surface area contributed by atoms with Crippen molar-refractivity contribution in [1.29, 1.82) is 0 Å². The van der Waals surface area contributed by atoms with Gasteiger partial charge in [-0.3, -0.25) is 0 Å². The Balaban J connectivity index is 1.63. The summed E-state index contributed by atoms with van der Waals surface area (Å²) in [6.07, 6.45) is 4.84. The molecule has 1 saturated heterocycles. The van der Waals surface area contributed by atoms with E-state index < -0.39 is 0 Å². The van der Waals surface area contributed by atoms with Crippen LogP contribution in [-0.2, 0) is 33.2 Å². The topological polar surface area (TPSA) is 76.6 Å².